The predicted molar refractivity (Wildman–Crippen MR) is 120 cm³/mol. The van der Waals surface area contributed by atoms with Gasteiger partial charge in [0.25, 0.3) is 0 Å². The van der Waals surface area contributed by atoms with E-state index in [9.17, 15) is 5.11 Å². The number of rotatable bonds is 9. The van der Waals surface area contributed by atoms with E-state index in [0.717, 1.165) is 56.1 Å². The van der Waals surface area contributed by atoms with Crippen LogP contribution in [0.2, 0.25) is 0 Å². The third-order valence-electron chi connectivity index (χ3n) is 6.23. The molecule has 0 spiro atoms. The van der Waals surface area contributed by atoms with Crippen LogP contribution in [0.3, 0.4) is 0 Å². The fourth-order valence-electron chi connectivity index (χ4n) is 4.50. The van der Waals surface area contributed by atoms with Gasteiger partial charge in [0.15, 0.2) is 5.60 Å². The van der Waals surface area contributed by atoms with Gasteiger partial charge in [-0.1, -0.05) is 49.4 Å². The van der Waals surface area contributed by atoms with E-state index >= 15 is 0 Å². The van der Waals surface area contributed by atoms with Crippen LogP contribution in [0, 0.1) is 0 Å². The average molecular weight is 423 g/mol. The minimum absolute atomic E-state index is 0.142. The van der Waals surface area contributed by atoms with Crippen molar-refractivity contribution in [2.45, 2.75) is 24.9 Å². The Balaban J connectivity index is 1.53. The van der Waals surface area contributed by atoms with Crippen molar-refractivity contribution in [3.05, 3.63) is 89.9 Å². The second-order valence-corrected chi connectivity index (χ2v) is 8.10. The predicted octanol–water partition coefficient (Wildman–Crippen LogP) is 3.00. The second-order valence-electron chi connectivity index (χ2n) is 8.10. The van der Waals surface area contributed by atoms with Gasteiger partial charge in [0.2, 0.25) is 0 Å². The van der Waals surface area contributed by atoms with Gasteiger partial charge in [0, 0.05) is 5.92 Å². The highest BCUT2D eigenvalue weighted by Crippen LogP contribution is 2.44. The lowest BCUT2D eigenvalue weighted by atomic mass is 9.74. The monoisotopic (exact) mass is 422 g/mol. The largest absolute Gasteiger partial charge is 0.488 e. The molecule has 5 heteroatoms. The first kappa shape index (κ1) is 21.6. The lowest BCUT2D eigenvalue weighted by Crippen LogP contribution is -3.14. The summed E-state index contributed by atoms with van der Waals surface area (Å²) in [6, 6.07) is 21.6. The second kappa shape index (κ2) is 10.1. The molecular formula is C26H32NO4+. The summed E-state index contributed by atoms with van der Waals surface area (Å²) in [6.07, 6.45) is 2.38. The molecule has 0 radical (unpaired) electrons. The fraction of sp³-hybridized carbons (Fsp3) is 0.385. The first-order valence-corrected chi connectivity index (χ1v) is 11.2. The third kappa shape index (κ3) is 4.85. The maximum atomic E-state index is 12.0. The molecule has 1 fully saturated rings. The molecule has 4 rings (SSSR count). The van der Waals surface area contributed by atoms with Crippen LogP contribution >= 0.6 is 0 Å². The van der Waals surface area contributed by atoms with Crippen molar-refractivity contribution >= 4 is 0 Å². The molecule has 2 aromatic carbocycles. The molecule has 31 heavy (non-hydrogen) atoms. The van der Waals surface area contributed by atoms with E-state index in [1.54, 1.807) is 6.26 Å². The third-order valence-corrected chi connectivity index (χ3v) is 6.23. The number of quaternary nitrogens is 1. The summed E-state index contributed by atoms with van der Waals surface area (Å²) in [4.78, 5) is 1.52. The van der Waals surface area contributed by atoms with Gasteiger partial charge < -0.3 is 23.9 Å². The van der Waals surface area contributed by atoms with E-state index in [1.165, 1.54) is 4.90 Å². The zero-order valence-corrected chi connectivity index (χ0v) is 18.1. The summed E-state index contributed by atoms with van der Waals surface area (Å²) in [6.45, 7) is 7.46. The number of furan rings is 1. The van der Waals surface area contributed by atoms with Crippen molar-refractivity contribution in [2.75, 3.05) is 39.5 Å². The van der Waals surface area contributed by atoms with Crippen molar-refractivity contribution in [3.63, 3.8) is 0 Å². The molecule has 1 aromatic heterocycles. The molecule has 0 amide bonds. The Morgan fingerprint density at radius 2 is 1.74 bits per heavy atom. The lowest BCUT2D eigenvalue weighted by molar-refractivity contribution is -0.908. The minimum atomic E-state index is -1.27. The molecule has 2 heterocycles. The molecule has 164 valence electrons. The van der Waals surface area contributed by atoms with Gasteiger partial charge in [0.05, 0.1) is 19.5 Å². The van der Waals surface area contributed by atoms with Crippen molar-refractivity contribution < 1.29 is 23.9 Å². The van der Waals surface area contributed by atoms with Gasteiger partial charge in [-0.05, 0) is 41.8 Å². The van der Waals surface area contributed by atoms with Gasteiger partial charge in [-0.15, -0.1) is 0 Å². The van der Waals surface area contributed by atoms with Gasteiger partial charge >= 0.3 is 0 Å². The Bertz CT molecular complexity index is 904. The summed E-state index contributed by atoms with van der Waals surface area (Å²) < 4.78 is 17.1. The molecular weight excluding hydrogens is 390 g/mol. The fourth-order valence-corrected chi connectivity index (χ4v) is 4.50. The number of benzene rings is 2. The molecule has 2 N–H and O–H groups in total. The van der Waals surface area contributed by atoms with Crippen LogP contribution < -0.4 is 9.64 Å². The zero-order valence-electron chi connectivity index (χ0n) is 18.1. The Kier molecular flexibility index (Phi) is 7.07. The highest BCUT2D eigenvalue weighted by molar-refractivity contribution is 5.40. The lowest BCUT2D eigenvalue weighted by Gasteiger charge is -2.35. The van der Waals surface area contributed by atoms with Crippen LogP contribution in [0.1, 0.15) is 36.1 Å². The molecule has 3 aromatic rings. The standard InChI is InChI=1S/C26H31NO4/c1-2-24(21-7-4-3-5-8-21)26(28,25-9-6-17-31-25)22-10-12-23(13-11-22)30-20-16-27-14-18-29-19-15-27/h3-13,17,24,28H,2,14-16,18-20H2,1H3/p+1/t24-,26-/m0/s1. The van der Waals surface area contributed by atoms with Crippen LogP contribution in [-0.2, 0) is 10.3 Å². The maximum absolute atomic E-state index is 12.0. The number of ether oxygens (including phenoxy) is 2. The van der Waals surface area contributed by atoms with Gasteiger partial charge in [-0.2, -0.15) is 0 Å². The van der Waals surface area contributed by atoms with Crippen LogP contribution in [0.25, 0.3) is 0 Å². The SMILES string of the molecule is CC[C@@H](c1ccccc1)[C@@](O)(c1ccc(OCC[NH+]2CCOCC2)cc1)c1ccco1. The van der Waals surface area contributed by atoms with Crippen LogP contribution in [0.15, 0.2) is 77.4 Å². The maximum Gasteiger partial charge on any atom is 0.154 e. The van der Waals surface area contributed by atoms with E-state index in [4.69, 9.17) is 13.9 Å². The van der Waals surface area contributed by atoms with Crippen LogP contribution in [0.5, 0.6) is 5.75 Å². The minimum Gasteiger partial charge on any atom is -0.488 e. The average Bonchev–Trinajstić information content (AvgIpc) is 3.37. The van der Waals surface area contributed by atoms with Crippen LogP contribution in [-0.4, -0.2) is 44.6 Å². The van der Waals surface area contributed by atoms with Gasteiger partial charge in [-0.3, -0.25) is 0 Å². The van der Waals surface area contributed by atoms with E-state index in [-0.39, 0.29) is 5.92 Å². The van der Waals surface area contributed by atoms with Crippen molar-refractivity contribution in [2.24, 2.45) is 0 Å². The molecule has 1 aliphatic rings. The highest BCUT2D eigenvalue weighted by Gasteiger charge is 2.42. The first-order valence-electron chi connectivity index (χ1n) is 11.2. The van der Waals surface area contributed by atoms with E-state index in [0.29, 0.717) is 12.4 Å². The molecule has 0 aliphatic carbocycles. The first-order chi connectivity index (χ1) is 15.2. The summed E-state index contributed by atoms with van der Waals surface area (Å²) in [5.74, 6) is 1.22. The summed E-state index contributed by atoms with van der Waals surface area (Å²) in [5, 5.41) is 12.0. The highest BCUT2D eigenvalue weighted by atomic mass is 16.5. The van der Waals surface area contributed by atoms with E-state index in [1.807, 2.05) is 54.6 Å². The Morgan fingerprint density at radius 3 is 2.39 bits per heavy atom. The summed E-state index contributed by atoms with van der Waals surface area (Å²) in [5.41, 5.74) is 0.609. The van der Waals surface area contributed by atoms with E-state index in [2.05, 4.69) is 19.1 Å². The zero-order chi connectivity index (χ0) is 21.5. The van der Waals surface area contributed by atoms with Crippen molar-refractivity contribution in [3.8, 4) is 5.75 Å². The van der Waals surface area contributed by atoms with Gasteiger partial charge in [-0.25, -0.2) is 0 Å². The van der Waals surface area contributed by atoms with Crippen molar-refractivity contribution in [1.82, 2.24) is 0 Å². The number of hydrogen-bond acceptors (Lipinski definition) is 4. The number of hydrogen-bond donors (Lipinski definition) is 2. The number of nitrogens with one attached hydrogen (secondary N) is 1. The number of aliphatic hydroxyl groups is 1. The normalized spacial score (nSPS) is 17.7. The molecule has 0 unspecified atom stereocenters. The molecule has 0 saturated carbocycles. The molecule has 1 saturated heterocycles. The van der Waals surface area contributed by atoms with E-state index < -0.39 is 5.60 Å². The molecule has 5 nitrogen and oxygen atoms in total. The number of morpholine rings is 1. The quantitative estimate of drug-likeness (QED) is 0.557. The Labute approximate surface area is 184 Å². The topological polar surface area (TPSA) is 56.3 Å². The van der Waals surface area contributed by atoms with Crippen molar-refractivity contribution in [1.29, 1.82) is 0 Å². The summed E-state index contributed by atoms with van der Waals surface area (Å²) in [7, 11) is 0. The Hall–Kier alpha value is -2.60. The molecule has 1 aliphatic heterocycles. The molecule has 0 bridgehead atoms. The Morgan fingerprint density at radius 1 is 1.00 bits per heavy atom. The summed E-state index contributed by atoms with van der Waals surface area (Å²) >= 11 is 0. The van der Waals surface area contributed by atoms with Gasteiger partial charge in [0.1, 0.15) is 37.8 Å². The molecule has 2 atom stereocenters. The smallest absolute Gasteiger partial charge is 0.154 e. The van der Waals surface area contributed by atoms with Crippen LogP contribution in [0.4, 0.5) is 0 Å².